The van der Waals surface area contributed by atoms with Crippen molar-refractivity contribution in [2.45, 2.75) is 196 Å². The number of hydrogen-bond donors (Lipinski definition) is 0. The molecule has 6 aliphatic carbocycles. The van der Waals surface area contributed by atoms with Gasteiger partial charge in [-0.2, -0.15) is 0 Å². The Bertz CT molecular complexity index is 2890. The van der Waals surface area contributed by atoms with Crippen LogP contribution in [0.5, 0.6) is 0 Å². The first-order valence-corrected chi connectivity index (χ1v) is 34.5. The number of para-hydroxylation sites is 6. The molecule has 0 spiro atoms. The molecule has 0 N–H and O–H groups in total. The molecular weight excluding hydrogens is 987 g/mol. The van der Waals surface area contributed by atoms with Gasteiger partial charge < -0.3 is 29.4 Å². The van der Waals surface area contributed by atoms with Crippen LogP contribution in [-0.4, -0.2) is 106 Å². The van der Waals surface area contributed by atoms with Crippen LogP contribution in [0.25, 0.3) is 0 Å². The van der Waals surface area contributed by atoms with E-state index >= 15 is 0 Å². The number of anilines is 6. The van der Waals surface area contributed by atoms with Crippen molar-refractivity contribution in [2.24, 2.45) is 11.8 Å². The number of nitrogens with zero attached hydrogens (tertiary/aromatic N) is 6. The molecule has 22 atom stereocenters. The van der Waals surface area contributed by atoms with E-state index in [9.17, 15) is 0 Å². The van der Waals surface area contributed by atoms with Gasteiger partial charge in [-0.05, 0) is 175 Å². The summed E-state index contributed by atoms with van der Waals surface area (Å²) in [6, 6.07) is 79.7. The molecular formula is C70H78N6P2. The SMILES string of the molecule is c1ccc(N2C3CCCC4C3P3C5C2CCCC5N(c2ccccc2)C2C5CC6C7C(C5CC(C23)N4c2ccccc2)N(c2ccccc2)C2CCCC3C2P7C2C(CCCC2N6c2ccccc2)N3c2ccccc2)cc1. The predicted octanol–water partition coefficient (Wildman–Crippen LogP) is 14.5. The third kappa shape index (κ3) is 6.52. The van der Waals surface area contributed by atoms with Crippen molar-refractivity contribution in [2.75, 3.05) is 29.4 Å². The van der Waals surface area contributed by atoms with Gasteiger partial charge in [-0.25, -0.2) is 0 Å². The van der Waals surface area contributed by atoms with Gasteiger partial charge in [-0.15, -0.1) is 0 Å². The molecule has 78 heavy (non-hydrogen) atoms. The smallest absolute Gasteiger partial charge is 0.0413 e. The van der Waals surface area contributed by atoms with Gasteiger partial charge in [0.05, 0.1) is 0 Å². The average molecular weight is 1070 g/mol. The van der Waals surface area contributed by atoms with Gasteiger partial charge in [0.25, 0.3) is 0 Å². The van der Waals surface area contributed by atoms with E-state index in [1.807, 2.05) is 0 Å². The lowest BCUT2D eigenvalue weighted by atomic mass is 9.59. The lowest BCUT2D eigenvalue weighted by molar-refractivity contribution is 0.0566. The minimum absolute atomic E-state index is 0.316. The quantitative estimate of drug-likeness (QED) is 0.154. The summed E-state index contributed by atoms with van der Waals surface area (Å²) in [6.45, 7) is 0. The summed E-state index contributed by atoms with van der Waals surface area (Å²) < 4.78 is 0. The minimum atomic E-state index is -0.316. The molecule has 12 aliphatic rings. The number of fused-ring (bicyclic) bond motifs is 3. The van der Waals surface area contributed by atoms with E-state index in [-0.39, 0.29) is 15.8 Å². The molecule has 6 nitrogen and oxygen atoms in total. The maximum Gasteiger partial charge on any atom is 0.0413 e. The van der Waals surface area contributed by atoms with Crippen LogP contribution in [0.1, 0.15) is 89.9 Å². The summed E-state index contributed by atoms with van der Waals surface area (Å²) in [6.07, 6.45) is 18.8. The zero-order valence-corrected chi connectivity index (χ0v) is 47.1. The van der Waals surface area contributed by atoms with Crippen LogP contribution in [0.4, 0.5) is 34.1 Å². The van der Waals surface area contributed by atoms with Crippen molar-refractivity contribution >= 4 is 50.0 Å². The average Bonchev–Trinajstić information content (AvgIpc) is 2.81. The van der Waals surface area contributed by atoms with Crippen LogP contribution in [0.2, 0.25) is 0 Å². The minimum Gasteiger partial charge on any atom is -0.364 e. The Morgan fingerprint density at radius 1 is 0.231 bits per heavy atom. The van der Waals surface area contributed by atoms with E-state index in [2.05, 4.69) is 211 Å². The Kier molecular flexibility index (Phi) is 10.9. The molecule has 22 unspecified atom stereocenters. The third-order valence-electron chi connectivity index (χ3n) is 23.7. The zero-order valence-electron chi connectivity index (χ0n) is 45.3. The lowest BCUT2D eigenvalue weighted by Crippen LogP contribution is -2.84. The predicted molar refractivity (Wildman–Crippen MR) is 327 cm³/mol. The Morgan fingerprint density at radius 2 is 0.436 bits per heavy atom. The number of benzene rings is 6. The molecule has 6 aromatic carbocycles. The standard InChI is InChI=1S/C70H78N6P2/c1-7-23-45(24-8-1)71-53-35-19-39-57-65(53)77-67-55(71)37-21-41-59(67)75(49-31-15-5-16-32-49)63-51-44-62-70-64(52(51)43-61(69(63)77)73(57)47-27-11-3-12-28-47)76(50-33-17-6-18-34-50)60-42-22-38-56-68(60)78(70)66-54(72(56)46-25-9-2-10-26-46)36-20-40-58(66)74(62)48-29-13-4-14-30-48/h1-18,23-34,51-70H,19-22,35-44H2. The third-order valence-corrected chi connectivity index (χ3v) is 31.9. The Labute approximate surface area is 467 Å². The molecule has 398 valence electrons. The van der Waals surface area contributed by atoms with Crippen LogP contribution >= 0.6 is 15.8 Å². The summed E-state index contributed by atoms with van der Waals surface area (Å²) >= 11 is 0. The highest BCUT2D eigenvalue weighted by Gasteiger charge is 2.75. The van der Waals surface area contributed by atoms with Crippen molar-refractivity contribution < 1.29 is 0 Å². The van der Waals surface area contributed by atoms with E-state index in [0.717, 1.165) is 22.6 Å². The van der Waals surface area contributed by atoms with Crippen molar-refractivity contribution in [3.8, 4) is 0 Å². The largest absolute Gasteiger partial charge is 0.364 e. The molecule has 0 aromatic heterocycles. The summed E-state index contributed by atoms with van der Waals surface area (Å²) in [4.78, 5) is 19.3. The molecule has 6 heterocycles. The Hall–Kier alpha value is -5.02. The summed E-state index contributed by atoms with van der Waals surface area (Å²) in [5.74, 6) is 1.21. The second-order valence-electron chi connectivity index (χ2n) is 26.5. The van der Waals surface area contributed by atoms with Gasteiger partial charge in [-0.3, -0.25) is 0 Å². The summed E-state index contributed by atoms with van der Waals surface area (Å²) in [5.41, 5.74) is 13.3. The summed E-state index contributed by atoms with van der Waals surface area (Å²) in [7, 11) is -0.632. The van der Waals surface area contributed by atoms with Crippen molar-refractivity contribution in [3.05, 3.63) is 182 Å². The van der Waals surface area contributed by atoms with Crippen molar-refractivity contribution in [1.29, 1.82) is 0 Å². The van der Waals surface area contributed by atoms with Gasteiger partial charge >= 0.3 is 0 Å². The monoisotopic (exact) mass is 1060 g/mol. The first-order chi connectivity index (χ1) is 38.8. The van der Waals surface area contributed by atoms with E-state index < -0.39 is 0 Å². The van der Waals surface area contributed by atoms with E-state index in [4.69, 9.17) is 0 Å². The number of rotatable bonds is 6. The second-order valence-corrected chi connectivity index (χ2v) is 31.8. The van der Waals surface area contributed by atoms with Crippen LogP contribution < -0.4 is 29.4 Å². The first-order valence-electron chi connectivity index (χ1n) is 31.4. The van der Waals surface area contributed by atoms with E-state index in [1.54, 1.807) is 0 Å². The highest BCUT2D eigenvalue weighted by molar-refractivity contribution is 7.61. The van der Waals surface area contributed by atoms with Gasteiger partial charge in [0.1, 0.15) is 0 Å². The van der Waals surface area contributed by atoms with Crippen LogP contribution in [-0.2, 0) is 0 Å². The molecule has 0 amide bonds. The molecule has 6 saturated carbocycles. The topological polar surface area (TPSA) is 19.4 Å². The fourth-order valence-electron chi connectivity index (χ4n) is 22.0. The van der Waals surface area contributed by atoms with Crippen molar-refractivity contribution in [1.82, 2.24) is 0 Å². The maximum atomic E-state index is 3.30. The normalized spacial score (nSPS) is 42.0. The fourth-order valence-corrected chi connectivity index (χ4v) is 32.7. The molecule has 8 heteroatoms. The molecule has 18 rings (SSSR count). The molecule has 6 aliphatic heterocycles. The van der Waals surface area contributed by atoms with Crippen LogP contribution in [0, 0.1) is 11.8 Å². The molecule has 6 saturated heterocycles. The molecule has 6 aromatic rings. The maximum absolute atomic E-state index is 3.30. The lowest BCUT2D eigenvalue weighted by Gasteiger charge is -2.78. The molecule has 12 fully saturated rings. The van der Waals surface area contributed by atoms with Crippen molar-refractivity contribution in [3.63, 3.8) is 0 Å². The van der Waals surface area contributed by atoms with Gasteiger partial charge in [0.2, 0.25) is 0 Å². The fraction of sp³-hybridized carbons (Fsp3) is 0.486. The second kappa shape index (κ2) is 18.2. The van der Waals surface area contributed by atoms with Crippen LogP contribution in [0.15, 0.2) is 182 Å². The Morgan fingerprint density at radius 3 is 0.679 bits per heavy atom. The highest BCUT2D eigenvalue weighted by atomic mass is 31.1. The van der Waals surface area contributed by atoms with Gasteiger partial charge in [-0.1, -0.05) is 125 Å². The van der Waals surface area contributed by atoms with Crippen LogP contribution in [0.3, 0.4) is 0 Å². The highest BCUT2D eigenvalue weighted by Crippen LogP contribution is 2.78. The van der Waals surface area contributed by atoms with E-state index in [1.165, 1.54) is 124 Å². The molecule has 0 radical (unpaired) electrons. The van der Waals surface area contributed by atoms with Gasteiger partial charge in [0, 0.05) is 141 Å². The summed E-state index contributed by atoms with van der Waals surface area (Å²) in [5, 5.41) is 0. The Balaban J connectivity index is 0.884. The zero-order chi connectivity index (χ0) is 50.7. The van der Waals surface area contributed by atoms with E-state index in [0.29, 0.717) is 95.7 Å². The first kappa shape index (κ1) is 46.7. The molecule has 0 bridgehead atoms. The number of hydrogen-bond acceptors (Lipinski definition) is 6. The van der Waals surface area contributed by atoms with Gasteiger partial charge in [0.15, 0.2) is 0 Å².